The summed E-state index contributed by atoms with van der Waals surface area (Å²) in [5, 5.41) is 19.0. The van der Waals surface area contributed by atoms with Crippen LogP contribution in [-0.2, 0) is 0 Å². The summed E-state index contributed by atoms with van der Waals surface area (Å²) >= 11 is 0. The van der Waals surface area contributed by atoms with Gasteiger partial charge in [0.15, 0.2) is 0 Å². The fourth-order valence-electron chi connectivity index (χ4n) is 2.57. The molecule has 0 bridgehead atoms. The Bertz CT molecular complexity index is 762. The molecule has 0 fully saturated rings. The first-order valence-corrected chi connectivity index (χ1v) is 7.28. The molecule has 0 aliphatic heterocycles. The van der Waals surface area contributed by atoms with E-state index in [1.165, 1.54) is 11.1 Å². The molecule has 0 spiro atoms. The fraction of sp³-hybridized carbons (Fsp3) is 0.0526. The van der Waals surface area contributed by atoms with Gasteiger partial charge in [0, 0.05) is 0 Å². The highest BCUT2D eigenvalue weighted by Crippen LogP contribution is 2.24. The number of benzene rings is 3. The molecular formula is C19H17BO2. The van der Waals surface area contributed by atoms with Gasteiger partial charge in [-0.3, -0.25) is 0 Å². The van der Waals surface area contributed by atoms with Crippen molar-refractivity contribution in [2.45, 2.75) is 6.92 Å². The molecule has 0 unspecified atom stereocenters. The lowest BCUT2D eigenvalue weighted by atomic mass is 9.75. The van der Waals surface area contributed by atoms with Gasteiger partial charge in [-0.2, -0.15) is 0 Å². The molecule has 108 valence electrons. The molecule has 0 aliphatic carbocycles. The van der Waals surface area contributed by atoms with Crippen LogP contribution in [0.25, 0.3) is 22.3 Å². The average Bonchev–Trinajstić information content (AvgIpc) is 2.56. The summed E-state index contributed by atoms with van der Waals surface area (Å²) in [5.41, 5.74) is 5.89. The Balaban J connectivity index is 1.97. The molecule has 0 atom stereocenters. The third-order valence-corrected chi connectivity index (χ3v) is 3.82. The third-order valence-electron chi connectivity index (χ3n) is 3.82. The largest absolute Gasteiger partial charge is 0.489 e. The highest BCUT2D eigenvalue weighted by atomic mass is 16.4. The van der Waals surface area contributed by atoms with E-state index in [-0.39, 0.29) is 0 Å². The Morgan fingerprint density at radius 1 is 0.636 bits per heavy atom. The van der Waals surface area contributed by atoms with Gasteiger partial charge in [0.2, 0.25) is 0 Å². The van der Waals surface area contributed by atoms with Crippen LogP contribution < -0.4 is 5.46 Å². The highest BCUT2D eigenvalue weighted by molar-refractivity contribution is 6.60. The van der Waals surface area contributed by atoms with Gasteiger partial charge in [-0.25, -0.2) is 0 Å². The second-order valence-corrected chi connectivity index (χ2v) is 5.40. The Morgan fingerprint density at radius 2 is 1.14 bits per heavy atom. The number of rotatable bonds is 3. The second-order valence-electron chi connectivity index (χ2n) is 5.40. The molecule has 3 aromatic rings. The summed E-state index contributed by atoms with van der Waals surface area (Å²) in [6, 6.07) is 23.9. The summed E-state index contributed by atoms with van der Waals surface area (Å²) in [6.45, 7) is 2.07. The van der Waals surface area contributed by atoms with Gasteiger partial charge in [0.25, 0.3) is 0 Å². The van der Waals surface area contributed by atoms with Crippen LogP contribution in [0.3, 0.4) is 0 Å². The van der Waals surface area contributed by atoms with Crippen LogP contribution in [0.5, 0.6) is 0 Å². The zero-order chi connectivity index (χ0) is 15.5. The Labute approximate surface area is 130 Å². The maximum Gasteiger partial charge on any atom is 0.489 e. The molecule has 0 heterocycles. The molecule has 0 radical (unpaired) electrons. The molecule has 0 saturated carbocycles. The van der Waals surface area contributed by atoms with Gasteiger partial charge in [-0.05, 0) is 34.6 Å². The minimum Gasteiger partial charge on any atom is -0.423 e. The van der Waals surface area contributed by atoms with Gasteiger partial charge < -0.3 is 10.0 Å². The first-order valence-electron chi connectivity index (χ1n) is 7.28. The predicted octanol–water partition coefficient (Wildman–Crippen LogP) is 3.01. The summed E-state index contributed by atoms with van der Waals surface area (Å²) < 4.78 is 0. The number of hydrogen-bond donors (Lipinski definition) is 2. The molecule has 2 nitrogen and oxygen atoms in total. The lowest BCUT2D eigenvalue weighted by Gasteiger charge is -2.10. The second kappa shape index (κ2) is 6.18. The summed E-state index contributed by atoms with van der Waals surface area (Å²) in [5.74, 6) is 0. The molecule has 0 aliphatic rings. The first-order chi connectivity index (χ1) is 10.6. The van der Waals surface area contributed by atoms with Crippen molar-refractivity contribution in [3.8, 4) is 22.3 Å². The highest BCUT2D eigenvalue weighted by Gasteiger charge is 2.16. The maximum atomic E-state index is 9.48. The SMILES string of the molecule is Cc1ccc(-c2ccc(-c3ccccc3B(O)O)cc2)cc1. The van der Waals surface area contributed by atoms with Crippen LogP contribution in [0.4, 0.5) is 0 Å². The van der Waals surface area contributed by atoms with Crippen LogP contribution in [0.15, 0.2) is 72.8 Å². The first kappa shape index (κ1) is 14.6. The molecule has 3 heteroatoms. The van der Waals surface area contributed by atoms with Crippen molar-refractivity contribution in [2.24, 2.45) is 0 Å². The average molecular weight is 288 g/mol. The molecule has 0 amide bonds. The summed E-state index contributed by atoms with van der Waals surface area (Å²) in [4.78, 5) is 0. The Hall–Kier alpha value is -2.36. The van der Waals surface area contributed by atoms with Gasteiger partial charge in [-0.15, -0.1) is 0 Å². The lowest BCUT2D eigenvalue weighted by molar-refractivity contribution is 0.426. The van der Waals surface area contributed by atoms with Gasteiger partial charge in [-0.1, -0.05) is 78.4 Å². The van der Waals surface area contributed by atoms with E-state index < -0.39 is 7.12 Å². The number of aryl methyl sites for hydroxylation is 1. The minimum absolute atomic E-state index is 0.519. The van der Waals surface area contributed by atoms with Crippen LogP contribution in [-0.4, -0.2) is 17.2 Å². The Kier molecular flexibility index (Phi) is 4.10. The molecule has 0 aromatic heterocycles. The quantitative estimate of drug-likeness (QED) is 0.727. The van der Waals surface area contributed by atoms with E-state index in [0.29, 0.717) is 5.46 Å². The molecule has 3 aromatic carbocycles. The van der Waals surface area contributed by atoms with Crippen molar-refractivity contribution in [1.82, 2.24) is 0 Å². The van der Waals surface area contributed by atoms with Crippen molar-refractivity contribution in [3.05, 3.63) is 78.4 Å². The lowest BCUT2D eigenvalue weighted by Crippen LogP contribution is -2.31. The van der Waals surface area contributed by atoms with Gasteiger partial charge in [0.05, 0.1) is 0 Å². The van der Waals surface area contributed by atoms with Crippen LogP contribution in [0.1, 0.15) is 5.56 Å². The van der Waals surface area contributed by atoms with Crippen molar-refractivity contribution in [3.63, 3.8) is 0 Å². The topological polar surface area (TPSA) is 40.5 Å². The minimum atomic E-state index is -1.46. The maximum absolute atomic E-state index is 9.48. The number of hydrogen-bond acceptors (Lipinski definition) is 2. The van der Waals surface area contributed by atoms with Crippen LogP contribution >= 0.6 is 0 Å². The molecule has 3 rings (SSSR count). The van der Waals surface area contributed by atoms with E-state index in [0.717, 1.165) is 16.7 Å². The van der Waals surface area contributed by atoms with Crippen molar-refractivity contribution in [2.75, 3.05) is 0 Å². The van der Waals surface area contributed by atoms with E-state index in [9.17, 15) is 10.0 Å². The molecule has 2 N–H and O–H groups in total. The predicted molar refractivity (Wildman–Crippen MR) is 91.9 cm³/mol. The summed E-state index contributed by atoms with van der Waals surface area (Å²) in [7, 11) is -1.46. The molecular weight excluding hydrogens is 271 g/mol. The van der Waals surface area contributed by atoms with E-state index in [4.69, 9.17) is 0 Å². The standard InChI is InChI=1S/C19H17BO2/c1-14-6-8-15(9-7-14)16-10-12-17(13-11-16)18-4-2-3-5-19(18)20(21)22/h2-13,21-22H,1H3. The van der Waals surface area contributed by atoms with Crippen LogP contribution in [0.2, 0.25) is 0 Å². The van der Waals surface area contributed by atoms with E-state index in [1.807, 2.05) is 24.3 Å². The van der Waals surface area contributed by atoms with Crippen molar-refractivity contribution < 1.29 is 10.0 Å². The van der Waals surface area contributed by atoms with E-state index in [1.54, 1.807) is 12.1 Å². The monoisotopic (exact) mass is 288 g/mol. The smallest absolute Gasteiger partial charge is 0.423 e. The third kappa shape index (κ3) is 2.96. The zero-order valence-corrected chi connectivity index (χ0v) is 12.4. The zero-order valence-electron chi connectivity index (χ0n) is 12.4. The van der Waals surface area contributed by atoms with E-state index >= 15 is 0 Å². The van der Waals surface area contributed by atoms with E-state index in [2.05, 4.69) is 43.3 Å². The van der Waals surface area contributed by atoms with Gasteiger partial charge >= 0.3 is 7.12 Å². The van der Waals surface area contributed by atoms with Crippen LogP contribution in [0, 0.1) is 6.92 Å². The summed E-state index contributed by atoms with van der Waals surface area (Å²) in [6.07, 6.45) is 0. The Morgan fingerprint density at radius 3 is 1.73 bits per heavy atom. The van der Waals surface area contributed by atoms with Gasteiger partial charge in [0.1, 0.15) is 0 Å². The molecule has 0 saturated heterocycles. The molecule has 22 heavy (non-hydrogen) atoms. The van der Waals surface area contributed by atoms with Crippen molar-refractivity contribution >= 4 is 12.6 Å². The van der Waals surface area contributed by atoms with Crippen molar-refractivity contribution in [1.29, 1.82) is 0 Å². The fourth-order valence-corrected chi connectivity index (χ4v) is 2.57. The normalized spacial score (nSPS) is 10.5.